The Balaban J connectivity index is 0.000000568. The van der Waals surface area contributed by atoms with Crippen LogP contribution in [-0.2, 0) is 15.0 Å². The van der Waals surface area contributed by atoms with Crippen LogP contribution in [0.3, 0.4) is 0 Å². The fourth-order valence-electron chi connectivity index (χ4n) is 3.02. The molecular weight excluding hydrogens is 362 g/mol. The van der Waals surface area contributed by atoms with Crippen LogP contribution in [0.1, 0.15) is 24.0 Å². The highest BCUT2D eigenvalue weighted by atomic mass is 16.4. The first-order valence-electron chi connectivity index (χ1n) is 8.80. The lowest BCUT2D eigenvalue weighted by Crippen LogP contribution is -2.33. The van der Waals surface area contributed by atoms with Crippen LogP contribution < -0.4 is 0 Å². The highest BCUT2D eigenvalue weighted by Gasteiger charge is 2.35. The molecule has 2 aromatic carbocycles. The zero-order valence-corrected chi connectivity index (χ0v) is 16.1. The molecule has 0 heterocycles. The molecule has 2 aromatic rings. The molecule has 28 heavy (non-hydrogen) atoms. The second kappa shape index (κ2) is 11.1. The minimum atomic E-state index is -1.82. The maximum absolute atomic E-state index is 10.3. The predicted octanol–water partition coefficient (Wildman–Crippen LogP) is 2.17. The molecule has 7 heteroatoms. The summed E-state index contributed by atoms with van der Waals surface area (Å²) in [4.78, 5) is 20.3. The number of aromatic hydroxyl groups is 1. The zero-order valence-electron chi connectivity index (χ0n) is 16.1. The van der Waals surface area contributed by atoms with Gasteiger partial charge in [-0.05, 0) is 45.1 Å². The van der Waals surface area contributed by atoms with Crippen LogP contribution in [0, 0.1) is 0 Å². The molecule has 1 atom stereocenters. The Labute approximate surface area is 164 Å². The van der Waals surface area contributed by atoms with Gasteiger partial charge in [0.1, 0.15) is 5.75 Å². The van der Waals surface area contributed by atoms with Crippen molar-refractivity contribution in [1.29, 1.82) is 0 Å². The van der Waals surface area contributed by atoms with E-state index < -0.39 is 17.4 Å². The Morgan fingerprint density at radius 1 is 0.929 bits per heavy atom. The quantitative estimate of drug-likeness (QED) is 0.536. The Kier molecular flexibility index (Phi) is 9.14. The highest BCUT2D eigenvalue weighted by molar-refractivity contribution is 6.27. The van der Waals surface area contributed by atoms with Crippen molar-refractivity contribution >= 4 is 11.9 Å². The molecule has 0 fully saturated rings. The average Bonchev–Trinajstić information content (AvgIpc) is 2.67. The maximum Gasteiger partial charge on any atom is 0.414 e. The van der Waals surface area contributed by atoms with Gasteiger partial charge in [0.25, 0.3) is 0 Å². The van der Waals surface area contributed by atoms with Crippen LogP contribution in [-0.4, -0.2) is 64.5 Å². The monoisotopic (exact) mass is 389 g/mol. The molecule has 0 saturated carbocycles. The number of carboxylic acid groups (broad SMARTS) is 2. The van der Waals surface area contributed by atoms with Gasteiger partial charge < -0.3 is 25.3 Å². The average molecular weight is 389 g/mol. The van der Waals surface area contributed by atoms with Gasteiger partial charge in [0.2, 0.25) is 0 Å². The van der Waals surface area contributed by atoms with Crippen molar-refractivity contribution < 1.29 is 30.0 Å². The molecule has 0 radical (unpaired) electrons. The summed E-state index contributed by atoms with van der Waals surface area (Å²) in [5.74, 6) is -3.41. The number of nitrogens with zero attached hydrogens (tertiary/aromatic N) is 1. The number of benzene rings is 2. The number of carbonyl (C=O) groups is 2. The third kappa shape index (κ3) is 6.37. The van der Waals surface area contributed by atoms with Crippen molar-refractivity contribution in [2.45, 2.75) is 18.3 Å². The number of hydrogen-bond donors (Lipinski definition) is 4. The topological polar surface area (TPSA) is 118 Å². The molecule has 0 bridgehead atoms. The molecule has 152 valence electrons. The Bertz CT molecular complexity index is 751. The molecule has 4 N–H and O–H groups in total. The van der Waals surface area contributed by atoms with Crippen molar-refractivity contribution in [3.8, 4) is 5.75 Å². The minimum Gasteiger partial charge on any atom is -0.508 e. The molecule has 1 unspecified atom stereocenters. The van der Waals surface area contributed by atoms with Crippen molar-refractivity contribution in [2.24, 2.45) is 0 Å². The highest BCUT2D eigenvalue weighted by Crippen LogP contribution is 2.40. The second-order valence-electron chi connectivity index (χ2n) is 6.64. The van der Waals surface area contributed by atoms with E-state index in [0.717, 1.165) is 30.5 Å². The zero-order chi connectivity index (χ0) is 21.2. The predicted molar refractivity (Wildman–Crippen MR) is 105 cm³/mol. The molecule has 0 amide bonds. The first-order chi connectivity index (χ1) is 13.2. The second-order valence-corrected chi connectivity index (χ2v) is 6.64. The lowest BCUT2D eigenvalue weighted by molar-refractivity contribution is -0.159. The maximum atomic E-state index is 10.3. The van der Waals surface area contributed by atoms with E-state index in [0.29, 0.717) is 0 Å². The number of rotatable bonds is 7. The third-order valence-electron chi connectivity index (χ3n) is 4.41. The SMILES string of the molecule is CN(C)CCCC(CO)(c1ccccc1)c1ccccc1O.O=C(O)C(=O)O. The van der Waals surface area contributed by atoms with Gasteiger partial charge in [-0.1, -0.05) is 48.5 Å². The number of phenolic OH excluding ortho intramolecular Hbond substituents is 1. The van der Waals surface area contributed by atoms with E-state index in [1.54, 1.807) is 6.07 Å². The van der Waals surface area contributed by atoms with Crippen molar-refractivity contribution in [3.05, 3.63) is 65.7 Å². The van der Waals surface area contributed by atoms with Gasteiger partial charge >= 0.3 is 11.9 Å². The lowest BCUT2D eigenvalue weighted by atomic mass is 9.71. The number of carboxylic acids is 2. The molecular formula is C21H27NO6. The summed E-state index contributed by atoms with van der Waals surface area (Å²) < 4.78 is 0. The van der Waals surface area contributed by atoms with Crippen LogP contribution >= 0.6 is 0 Å². The summed E-state index contributed by atoms with van der Waals surface area (Å²) in [5.41, 5.74) is 1.27. The van der Waals surface area contributed by atoms with Crippen molar-refractivity contribution in [3.63, 3.8) is 0 Å². The van der Waals surface area contributed by atoms with Gasteiger partial charge in [-0.2, -0.15) is 0 Å². The normalized spacial score (nSPS) is 12.6. The van der Waals surface area contributed by atoms with Crippen LogP contribution in [0.15, 0.2) is 54.6 Å². The Morgan fingerprint density at radius 3 is 1.93 bits per heavy atom. The van der Waals surface area contributed by atoms with E-state index in [-0.39, 0.29) is 12.4 Å². The van der Waals surface area contributed by atoms with Crippen LogP contribution in [0.25, 0.3) is 0 Å². The van der Waals surface area contributed by atoms with Crippen LogP contribution in [0.5, 0.6) is 5.75 Å². The lowest BCUT2D eigenvalue weighted by Gasteiger charge is -2.34. The van der Waals surface area contributed by atoms with Gasteiger partial charge in [0.15, 0.2) is 0 Å². The van der Waals surface area contributed by atoms with E-state index in [1.165, 1.54) is 0 Å². The largest absolute Gasteiger partial charge is 0.508 e. The molecule has 0 aliphatic rings. The molecule has 0 aliphatic carbocycles. The Hall–Kier alpha value is -2.90. The van der Waals surface area contributed by atoms with Gasteiger partial charge in [-0.25, -0.2) is 9.59 Å². The van der Waals surface area contributed by atoms with Gasteiger partial charge in [-0.15, -0.1) is 0 Å². The molecule has 0 aliphatic heterocycles. The Morgan fingerprint density at radius 2 is 1.46 bits per heavy atom. The summed E-state index contributed by atoms with van der Waals surface area (Å²) in [5, 5.41) is 35.4. The fraction of sp³-hybridized carbons (Fsp3) is 0.333. The molecule has 0 aromatic heterocycles. The van der Waals surface area contributed by atoms with E-state index in [4.69, 9.17) is 19.8 Å². The van der Waals surface area contributed by atoms with E-state index in [1.807, 2.05) is 62.6 Å². The number of aliphatic carboxylic acids is 2. The fourth-order valence-corrected chi connectivity index (χ4v) is 3.02. The molecule has 0 spiro atoms. The number of hydrogen-bond acceptors (Lipinski definition) is 5. The summed E-state index contributed by atoms with van der Waals surface area (Å²) in [6, 6.07) is 17.3. The van der Waals surface area contributed by atoms with E-state index >= 15 is 0 Å². The summed E-state index contributed by atoms with van der Waals surface area (Å²) in [7, 11) is 4.09. The van der Waals surface area contributed by atoms with Crippen LogP contribution in [0.4, 0.5) is 0 Å². The van der Waals surface area contributed by atoms with Gasteiger partial charge in [0, 0.05) is 11.0 Å². The van der Waals surface area contributed by atoms with E-state index in [2.05, 4.69) is 4.90 Å². The first kappa shape index (κ1) is 23.1. The summed E-state index contributed by atoms with van der Waals surface area (Å²) in [6.07, 6.45) is 1.72. The van der Waals surface area contributed by atoms with Gasteiger partial charge in [-0.3, -0.25) is 0 Å². The van der Waals surface area contributed by atoms with Crippen molar-refractivity contribution in [1.82, 2.24) is 4.90 Å². The number of phenols is 1. The summed E-state index contributed by atoms with van der Waals surface area (Å²) in [6.45, 7) is 0.921. The smallest absolute Gasteiger partial charge is 0.414 e. The summed E-state index contributed by atoms with van der Waals surface area (Å²) >= 11 is 0. The molecule has 2 rings (SSSR count). The van der Waals surface area contributed by atoms with E-state index in [9.17, 15) is 10.2 Å². The number of aliphatic hydroxyl groups excluding tert-OH is 1. The minimum absolute atomic E-state index is 0.0258. The standard InChI is InChI=1S/C19H25NO2.C2H2O4/c1-20(2)14-8-13-19(15-21,16-9-4-3-5-10-16)17-11-6-7-12-18(17)22;3-1(4)2(5)6/h3-7,9-12,21-22H,8,13-15H2,1-2H3;(H,3,4)(H,5,6). The van der Waals surface area contributed by atoms with Crippen molar-refractivity contribution in [2.75, 3.05) is 27.2 Å². The molecule has 0 saturated heterocycles. The number of para-hydroxylation sites is 1. The third-order valence-corrected chi connectivity index (χ3v) is 4.41. The first-order valence-corrected chi connectivity index (χ1v) is 8.80. The van der Waals surface area contributed by atoms with Gasteiger partial charge in [0.05, 0.1) is 6.61 Å². The van der Waals surface area contributed by atoms with Crippen LogP contribution in [0.2, 0.25) is 0 Å². The number of aliphatic hydroxyl groups is 1. The molecule has 7 nitrogen and oxygen atoms in total.